The Morgan fingerprint density at radius 2 is 2.10 bits per heavy atom. The van der Waals surface area contributed by atoms with Gasteiger partial charge in [0, 0.05) is 12.6 Å². The Hall–Kier alpha value is -1.92. The van der Waals surface area contributed by atoms with E-state index in [1.165, 1.54) is 12.1 Å². The molecule has 0 spiro atoms. The van der Waals surface area contributed by atoms with E-state index in [2.05, 4.69) is 5.32 Å². The average Bonchev–Trinajstić information content (AvgIpc) is 2.77. The van der Waals surface area contributed by atoms with Crippen LogP contribution in [0.1, 0.15) is 22.8 Å². The fraction of sp³-hybridized carbons (Fsp3) is 0.429. The zero-order valence-corrected chi connectivity index (χ0v) is 11.3. The second kappa shape index (κ2) is 5.60. The summed E-state index contributed by atoms with van der Waals surface area (Å²) in [5.41, 5.74) is 6.23. The van der Waals surface area contributed by atoms with Crippen molar-refractivity contribution in [1.82, 2.24) is 5.32 Å². The molecule has 1 fully saturated rings. The Morgan fingerprint density at radius 1 is 1.45 bits per heavy atom. The number of carbonyl (C=O) groups excluding carboxylic acids is 1. The van der Waals surface area contributed by atoms with Crippen molar-refractivity contribution in [1.29, 1.82) is 0 Å². The van der Waals surface area contributed by atoms with Crippen LogP contribution in [0.3, 0.4) is 0 Å². The Balaban J connectivity index is 1.95. The molecule has 0 bridgehead atoms. The SMILES string of the molecule is CC1(C(=O)NCc2ccc(C(=O)O)cc2)COCC1N. The lowest BCUT2D eigenvalue weighted by molar-refractivity contribution is -0.130. The molecule has 0 aliphatic carbocycles. The van der Waals surface area contributed by atoms with E-state index in [1.807, 2.05) is 0 Å². The molecule has 108 valence electrons. The van der Waals surface area contributed by atoms with Gasteiger partial charge in [0.2, 0.25) is 5.91 Å². The molecule has 20 heavy (non-hydrogen) atoms. The summed E-state index contributed by atoms with van der Waals surface area (Å²) in [5, 5.41) is 11.6. The zero-order valence-electron chi connectivity index (χ0n) is 11.3. The van der Waals surface area contributed by atoms with Crippen molar-refractivity contribution < 1.29 is 19.4 Å². The number of hydrogen-bond acceptors (Lipinski definition) is 4. The van der Waals surface area contributed by atoms with Crippen LogP contribution in [0.4, 0.5) is 0 Å². The van der Waals surface area contributed by atoms with Gasteiger partial charge in [-0.1, -0.05) is 12.1 Å². The van der Waals surface area contributed by atoms with Gasteiger partial charge in [-0.25, -0.2) is 4.79 Å². The predicted octanol–water partition coefficient (Wildman–Crippen LogP) is 0.365. The first kappa shape index (κ1) is 14.5. The van der Waals surface area contributed by atoms with E-state index in [9.17, 15) is 9.59 Å². The smallest absolute Gasteiger partial charge is 0.335 e. The van der Waals surface area contributed by atoms with Crippen LogP contribution in [0, 0.1) is 5.41 Å². The Morgan fingerprint density at radius 3 is 2.60 bits per heavy atom. The molecule has 1 aliphatic heterocycles. The fourth-order valence-corrected chi connectivity index (χ4v) is 2.07. The molecule has 6 nitrogen and oxygen atoms in total. The molecule has 1 heterocycles. The summed E-state index contributed by atoms with van der Waals surface area (Å²) in [4.78, 5) is 22.9. The third kappa shape index (κ3) is 2.81. The largest absolute Gasteiger partial charge is 0.478 e. The molecule has 2 unspecified atom stereocenters. The topological polar surface area (TPSA) is 102 Å². The number of carboxylic acid groups (broad SMARTS) is 1. The molecular formula is C14H18N2O4. The molecule has 4 N–H and O–H groups in total. The van der Waals surface area contributed by atoms with Gasteiger partial charge in [-0.05, 0) is 24.6 Å². The highest BCUT2D eigenvalue weighted by Crippen LogP contribution is 2.27. The number of carbonyl (C=O) groups is 2. The van der Waals surface area contributed by atoms with Gasteiger partial charge in [-0.2, -0.15) is 0 Å². The van der Waals surface area contributed by atoms with Crippen LogP contribution in [-0.4, -0.2) is 36.2 Å². The quantitative estimate of drug-likeness (QED) is 0.738. The Kier molecular flexibility index (Phi) is 4.06. The second-order valence-corrected chi connectivity index (χ2v) is 5.22. The van der Waals surface area contributed by atoms with E-state index in [-0.39, 0.29) is 17.5 Å². The molecule has 0 aromatic heterocycles. The van der Waals surface area contributed by atoms with Crippen LogP contribution in [0.5, 0.6) is 0 Å². The van der Waals surface area contributed by atoms with Gasteiger partial charge in [0.25, 0.3) is 0 Å². The highest BCUT2D eigenvalue weighted by molar-refractivity contribution is 5.87. The molecule has 1 aromatic carbocycles. The van der Waals surface area contributed by atoms with Crippen molar-refractivity contribution >= 4 is 11.9 Å². The Labute approximate surface area is 116 Å². The predicted molar refractivity (Wildman–Crippen MR) is 72.1 cm³/mol. The minimum Gasteiger partial charge on any atom is -0.478 e. The first-order valence-corrected chi connectivity index (χ1v) is 6.37. The first-order chi connectivity index (χ1) is 9.43. The summed E-state index contributed by atoms with van der Waals surface area (Å²) in [5.74, 6) is -1.12. The molecular weight excluding hydrogens is 260 g/mol. The molecule has 1 saturated heterocycles. The van der Waals surface area contributed by atoms with Gasteiger partial charge in [0.05, 0.1) is 24.2 Å². The van der Waals surface area contributed by atoms with Gasteiger partial charge >= 0.3 is 5.97 Å². The molecule has 1 aromatic rings. The molecule has 2 rings (SSSR count). The summed E-state index contributed by atoms with van der Waals surface area (Å²) >= 11 is 0. The molecule has 2 atom stereocenters. The minimum absolute atomic E-state index is 0.148. The maximum atomic E-state index is 12.2. The van der Waals surface area contributed by atoms with Gasteiger partial charge < -0.3 is 20.9 Å². The van der Waals surface area contributed by atoms with Crippen molar-refractivity contribution in [3.8, 4) is 0 Å². The van der Waals surface area contributed by atoms with Crippen LogP contribution in [0.15, 0.2) is 24.3 Å². The van der Waals surface area contributed by atoms with Crippen LogP contribution >= 0.6 is 0 Å². The first-order valence-electron chi connectivity index (χ1n) is 6.37. The summed E-state index contributed by atoms with van der Waals surface area (Å²) in [6, 6.07) is 6.07. The highest BCUT2D eigenvalue weighted by atomic mass is 16.5. The lowest BCUT2D eigenvalue weighted by atomic mass is 9.85. The number of amides is 1. The highest BCUT2D eigenvalue weighted by Gasteiger charge is 2.44. The third-order valence-electron chi connectivity index (χ3n) is 3.69. The number of aromatic carboxylic acids is 1. The lowest BCUT2D eigenvalue weighted by Crippen LogP contribution is -2.49. The summed E-state index contributed by atoms with van der Waals surface area (Å²) in [6.07, 6.45) is 0. The van der Waals surface area contributed by atoms with E-state index in [0.717, 1.165) is 5.56 Å². The minimum atomic E-state index is -0.970. The van der Waals surface area contributed by atoms with Crippen molar-refractivity contribution in [2.45, 2.75) is 19.5 Å². The summed E-state index contributed by atoms with van der Waals surface area (Å²) in [7, 11) is 0. The number of nitrogens with two attached hydrogens (primary N) is 1. The van der Waals surface area contributed by atoms with E-state index >= 15 is 0 Å². The number of nitrogens with one attached hydrogen (secondary N) is 1. The second-order valence-electron chi connectivity index (χ2n) is 5.22. The van der Waals surface area contributed by atoms with Gasteiger partial charge in [-0.3, -0.25) is 4.79 Å². The van der Waals surface area contributed by atoms with Crippen molar-refractivity contribution in [3.63, 3.8) is 0 Å². The van der Waals surface area contributed by atoms with Crippen LogP contribution in [0.2, 0.25) is 0 Å². The van der Waals surface area contributed by atoms with Crippen LogP contribution in [-0.2, 0) is 16.1 Å². The van der Waals surface area contributed by atoms with E-state index < -0.39 is 11.4 Å². The lowest BCUT2D eigenvalue weighted by Gasteiger charge is -2.25. The summed E-state index contributed by atoms with van der Waals surface area (Å²) in [6.45, 7) is 2.82. The van der Waals surface area contributed by atoms with E-state index in [0.29, 0.717) is 19.8 Å². The normalized spacial score (nSPS) is 25.4. The third-order valence-corrected chi connectivity index (χ3v) is 3.69. The van der Waals surface area contributed by atoms with Gasteiger partial charge in [0.15, 0.2) is 0 Å². The van der Waals surface area contributed by atoms with Gasteiger partial charge in [0.1, 0.15) is 0 Å². The van der Waals surface area contributed by atoms with Crippen molar-refractivity contribution in [2.24, 2.45) is 11.1 Å². The molecule has 1 amide bonds. The maximum Gasteiger partial charge on any atom is 0.335 e. The zero-order chi connectivity index (χ0) is 14.8. The average molecular weight is 278 g/mol. The fourth-order valence-electron chi connectivity index (χ4n) is 2.07. The number of hydrogen-bond donors (Lipinski definition) is 3. The van der Waals surface area contributed by atoms with Crippen LogP contribution < -0.4 is 11.1 Å². The molecule has 1 aliphatic rings. The number of carboxylic acids is 1. The monoisotopic (exact) mass is 278 g/mol. The van der Waals surface area contributed by atoms with E-state index in [4.69, 9.17) is 15.6 Å². The van der Waals surface area contributed by atoms with Gasteiger partial charge in [-0.15, -0.1) is 0 Å². The van der Waals surface area contributed by atoms with Crippen LogP contribution in [0.25, 0.3) is 0 Å². The molecule has 0 saturated carbocycles. The molecule has 6 heteroatoms. The number of ether oxygens (including phenoxy) is 1. The van der Waals surface area contributed by atoms with Crippen molar-refractivity contribution in [2.75, 3.05) is 13.2 Å². The number of rotatable bonds is 4. The standard InChI is InChI=1S/C14H18N2O4/c1-14(8-20-7-11(14)15)13(19)16-6-9-2-4-10(5-3-9)12(17)18/h2-5,11H,6-8,15H2,1H3,(H,16,19)(H,17,18). The Bertz CT molecular complexity index is 514. The summed E-state index contributed by atoms with van der Waals surface area (Å²) < 4.78 is 5.24. The van der Waals surface area contributed by atoms with Crippen molar-refractivity contribution in [3.05, 3.63) is 35.4 Å². The number of benzene rings is 1. The molecule has 0 radical (unpaired) electrons. The maximum absolute atomic E-state index is 12.2. The van der Waals surface area contributed by atoms with E-state index in [1.54, 1.807) is 19.1 Å².